The average molecular weight is 329 g/mol. The van der Waals surface area contributed by atoms with Crippen LogP contribution in [0.3, 0.4) is 0 Å². The Kier molecular flexibility index (Phi) is 4.60. The van der Waals surface area contributed by atoms with Gasteiger partial charge in [0.05, 0.1) is 6.54 Å². The number of benzene rings is 1. The Morgan fingerprint density at radius 1 is 1.25 bits per heavy atom. The molecule has 0 fully saturated rings. The van der Waals surface area contributed by atoms with Gasteiger partial charge in [0.1, 0.15) is 28.8 Å². The van der Waals surface area contributed by atoms with Crippen molar-refractivity contribution in [1.29, 1.82) is 0 Å². The number of aryl methyl sites for hydroxylation is 1. The van der Waals surface area contributed by atoms with Crippen LogP contribution >= 0.6 is 0 Å². The van der Waals surface area contributed by atoms with Crippen LogP contribution in [0.4, 0.5) is 4.39 Å². The molecule has 1 N–H and O–H groups in total. The Bertz CT molecular complexity index is 824. The summed E-state index contributed by atoms with van der Waals surface area (Å²) in [5.41, 5.74) is 0.279. The zero-order valence-corrected chi connectivity index (χ0v) is 13.0. The maximum Gasteiger partial charge on any atom is 0.272 e. The van der Waals surface area contributed by atoms with E-state index in [0.717, 1.165) is 5.76 Å². The number of halogens is 1. The molecule has 0 saturated heterocycles. The number of rotatable bonds is 6. The van der Waals surface area contributed by atoms with Crippen LogP contribution in [0.2, 0.25) is 0 Å². The average Bonchev–Trinajstić information content (AvgIpc) is 3.21. The van der Waals surface area contributed by atoms with Crippen LogP contribution in [-0.4, -0.2) is 15.7 Å². The van der Waals surface area contributed by atoms with Crippen molar-refractivity contribution in [3.05, 3.63) is 71.7 Å². The van der Waals surface area contributed by atoms with Gasteiger partial charge in [-0.2, -0.15) is 5.10 Å². The van der Waals surface area contributed by atoms with E-state index in [1.807, 2.05) is 19.1 Å². The van der Waals surface area contributed by atoms with Crippen LogP contribution in [0.25, 0.3) is 0 Å². The minimum atomic E-state index is -0.327. The second-order valence-corrected chi connectivity index (χ2v) is 5.16. The number of amides is 1. The molecule has 2 aromatic heterocycles. The number of hydrogen-bond acceptors (Lipinski definition) is 4. The summed E-state index contributed by atoms with van der Waals surface area (Å²) < 4.78 is 25.1. The SMILES string of the molecule is Cc1ccc(CNC(=O)c2ccn(COc3ccc(F)cc3)n2)o1. The third-order valence-electron chi connectivity index (χ3n) is 3.27. The standard InChI is InChI=1S/C17H16FN3O3/c1-12-2-5-15(24-12)10-19-17(22)16-8-9-21(20-16)11-23-14-6-3-13(18)4-7-14/h2-9H,10-11H2,1H3,(H,19,22). The molecule has 3 rings (SSSR count). The summed E-state index contributed by atoms with van der Waals surface area (Å²) in [6.45, 7) is 2.26. The first-order valence-corrected chi connectivity index (χ1v) is 7.35. The van der Waals surface area contributed by atoms with E-state index in [1.54, 1.807) is 12.3 Å². The molecule has 0 saturated carbocycles. The lowest BCUT2D eigenvalue weighted by Crippen LogP contribution is -2.23. The van der Waals surface area contributed by atoms with Gasteiger partial charge in [0, 0.05) is 6.20 Å². The Labute approximate surface area is 137 Å². The summed E-state index contributed by atoms with van der Waals surface area (Å²) >= 11 is 0. The molecular weight excluding hydrogens is 313 g/mol. The molecule has 0 aliphatic rings. The number of nitrogens with zero attached hydrogens (tertiary/aromatic N) is 2. The largest absolute Gasteiger partial charge is 0.471 e. The van der Waals surface area contributed by atoms with E-state index in [4.69, 9.17) is 9.15 Å². The quantitative estimate of drug-likeness (QED) is 0.755. The molecule has 124 valence electrons. The number of aromatic nitrogens is 2. The molecule has 0 unspecified atom stereocenters. The normalized spacial score (nSPS) is 10.6. The molecule has 24 heavy (non-hydrogen) atoms. The lowest BCUT2D eigenvalue weighted by Gasteiger charge is -2.05. The first kappa shape index (κ1) is 15.8. The van der Waals surface area contributed by atoms with Gasteiger partial charge in [-0.1, -0.05) is 0 Å². The number of carbonyl (C=O) groups is 1. The van der Waals surface area contributed by atoms with Crippen molar-refractivity contribution in [1.82, 2.24) is 15.1 Å². The fourth-order valence-corrected chi connectivity index (χ4v) is 2.06. The maximum absolute atomic E-state index is 12.8. The minimum Gasteiger partial charge on any atom is -0.471 e. The van der Waals surface area contributed by atoms with E-state index in [9.17, 15) is 9.18 Å². The number of nitrogens with one attached hydrogen (secondary N) is 1. The molecule has 3 aromatic rings. The zero-order chi connectivity index (χ0) is 16.9. The Morgan fingerprint density at radius 2 is 2.04 bits per heavy atom. The maximum atomic E-state index is 12.8. The predicted molar refractivity (Wildman–Crippen MR) is 83.9 cm³/mol. The summed E-state index contributed by atoms with van der Waals surface area (Å²) in [6, 6.07) is 10.9. The fourth-order valence-electron chi connectivity index (χ4n) is 2.06. The Morgan fingerprint density at radius 3 is 2.75 bits per heavy atom. The van der Waals surface area contributed by atoms with Crippen LogP contribution in [0.5, 0.6) is 5.75 Å². The highest BCUT2D eigenvalue weighted by Gasteiger charge is 2.10. The van der Waals surface area contributed by atoms with Crippen LogP contribution in [0.15, 0.2) is 53.1 Å². The Hall–Kier alpha value is -3.09. The van der Waals surface area contributed by atoms with Gasteiger partial charge in [0.2, 0.25) is 0 Å². The molecular formula is C17H16FN3O3. The van der Waals surface area contributed by atoms with Crippen molar-refractivity contribution in [3.8, 4) is 5.75 Å². The van der Waals surface area contributed by atoms with Gasteiger partial charge >= 0.3 is 0 Å². The summed E-state index contributed by atoms with van der Waals surface area (Å²) in [7, 11) is 0. The molecule has 0 bridgehead atoms. The first-order chi connectivity index (χ1) is 11.6. The van der Waals surface area contributed by atoms with Crippen molar-refractivity contribution >= 4 is 5.91 Å². The summed E-state index contributed by atoms with van der Waals surface area (Å²) in [6.07, 6.45) is 1.63. The van der Waals surface area contributed by atoms with Crippen molar-refractivity contribution in [2.75, 3.05) is 0 Å². The van der Waals surface area contributed by atoms with E-state index < -0.39 is 0 Å². The van der Waals surface area contributed by atoms with Gasteiger partial charge in [-0.15, -0.1) is 0 Å². The third-order valence-corrected chi connectivity index (χ3v) is 3.27. The molecule has 1 amide bonds. The van der Waals surface area contributed by atoms with Gasteiger partial charge in [-0.3, -0.25) is 4.79 Å². The zero-order valence-electron chi connectivity index (χ0n) is 13.0. The molecule has 0 atom stereocenters. The van der Waals surface area contributed by atoms with Gasteiger partial charge in [-0.05, 0) is 49.4 Å². The van der Waals surface area contributed by atoms with Gasteiger partial charge < -0.3 is 14.5 Å². The summed E-state index contributed by atoms with van der Waals surface area (Å²) in [5, 5.41) is 6.87. The summed E-state index contributed by atoms with van der Waals surface area (Å²) in [5.74, 6) is 1.37. The van der Waals surface area contributed by atoms with Crippen molar-refractivity contribution in [2.24, 2.45) is 0 Å². The predicted octanol–water partition coefficient (Wildman–Crippen LogP) is 2.89. The van der Waals surface area contributed by atoms with Gasteiger partial charge in [-0.25, -0.2) is 9.07 Å². The van der Waals surface area contributed by atoms with Gasteiger partial charge in [0.15, 0.2) is 6.73 Å². The van der Waals surface area contributed by atoms with E-state index in [0.29, 0.717) is 18.1 Å². The van der Waals surface area contributed by atoms with Crippen LogP contribution in [-0.2, 0) is 13.3 Å². The van der Waals surface area contributed by atoms with E-state index >= 15 is 0 Å². The topological polar surface area (TPSA) is 69.3 Å². The molecule has 0 aliphatic heterocycles. The summed E-state index contributed by atoms with van der Waals surface area (Å²) in [4.78, 5) is 12.0. The van der Waals surface area contributed by atoms with Crippen LogP contribution < -0.4 is 10.1 Å². The number of hydrogen-bond donors (Lipinski definition) is 1. The lowest BCUT2D eigenvalue weighted by atomic mass is 10.3. The highest BCUT2D eigenvalue weighted by Crippen LogP contribution is 2.11. The monoisotopic (exact) mass is 329 g/mol. The van der Waals surface area contributed by atoms with Crippen molar-refractivity contribution < 1.29 is 18.3 Å². The molecule has 7 heteroatoms. The molecule has 2 heterocycles. The molecule has 1 aromatic carbocycles. The van der Waals surface area contributed by atoms with E-state index in [2.05, 4.69) is 10.4 Å². The Balaban J connectivity index is 1.52. The first-order valence-electron chi connectivity index (χ1n) is 7.35. The van der Waals surface area contributed by atoms with Crippen molar-refractivity contribution in [3.63, 3.8) is 0 Å². The number of ether oxygens (including phenoxy) is 1. The lowest BCUT2D eigenvalue weighted by molar-refractivity contribution is 0.0941. The molecule has 0 radical (unpaired) electrons. The van der Waals surface area contributed by atoms with Gasteiger partial charge in [0.25, 0.3) is 5.91 Å². The van der Waals surface area contributed by atoms with Crippen LogP contribution in [0.1, 0.15) is 22.0 Å². The third kappa shape index (κ3) is 4.01. The van der Waals surface area contributed by atoms with E-state index in [-0.39, 0.29) is 24.1 Å². The van der Waals surface area contributed by atoms with Crippen molar-refractivity contribution in [2.45, 2.75) is 20.2 Å². The minimum absolute atomic E-state index is 0.121. The molecule has 0 spiro atoms. The fraction of sp³-hybridized carbons (Fsp3) is 0.176. The second-order valence-electron chi connectivity index (χ2n) is 5.16. The number of carbonyl (C=O) groups excluding carboxylic acids is 1. The molecule has 0 aliphatic carbocycles. The molecule has 6 nitrogen and oxygen atoms in total. The highest BCUT2D eigenvalue weighted by atomic mass is 19.1. The van der Waals surface area contributed by atoms with Crippen LogP contribution in [0, 0.1) is 12.7 Å². The van der Waals surface area contributed by atoms with E-state index in [1.165, 1.54) is 28.9 Å². The number of furan rings is 1. The second kappa shape index (κ2) is 6.99. The highest BCUT2D eigenvalue weighted by molar-refractivity contribution is 5.92. The smallest absolute Gasteiger partial charge is 0.272 e.